The molecule has 0 bridgehead atoms. The highest BCUT2D eigenvalue weighted by molar-refractivity contribution is 6.05. The molecule has 0 saturated heterocycles. The summed E-state index contributed by atoms with van der Waals surface area (Å²) in [6.45, 7) is 2.04. The Kier molecular flexibility index (Phi) is 5.63. The van der Waals surface area contributed by atoms with Gasteiger partial charge in [-0.15, -0.1) is 5.10 Å². The maximum Gasteiger partial charge on any atom is 0.256 e. The van der Waals surface area contributed by atoms with Gasteiger partial charge in [0, 0.05) is 23.7 Å². The fourth-order valence-corrected chi connectivity index (χ4v) is 3.32. The number of anilines is 2. The van der Waals surface area contributed by atoms with Crippen LogP contribution in [0, 0.1) is 23.5 Å². The number of benzene rings is 1. The number of fused-ring (bicyclic) bond motifs is 3. The molecule has 11 heteroatoms. The number of alkyl halides is 2. The van der Waals surface area contributed by atoms with E-state index in [0.29, 0.717) is 5.52 Å². The molecule has 4 aromatic rings. The van der Waals surface area contributed by atoms with Crippen LogP contribution >= 0.6 is 0 Å². The molecule has 0 atom stereocenters. The van der Waals surface area contributed by atoms with Crippen LogP contribution in [0.3, 0.4) is 0 Å². The molecule has 1 aromatic carbocycles. The standard InChI is InChI=1S/C22H18F4N6O/c1-22(2,33)5-4-12-6-13(23)8-15(7-12)32(11-17(25)26)21-16-9-14(24)10-27-18(16)19-20(28-21)29-30-31(19)3/h6-10,17,33H,11H2,1-3H3. The Bertz CT molecular complexity index is 1420. The van der Waals surface area contributed by atoms with Crippen molar-refractivity contribution in [2.45, 2.75) is 25.9 Å². The highest BCUT2D eigenvalue weighted by Gasteiger charge is 2.24. The first-order chi connectivity index (χ1) is 15.5. The van der Waals surface area contributed by atoms with Gasteiger partial charge in [-0.25, -0.2) is 27.2 Å². The molecule has 7 nitrogen and oxygen atoms in total. The Morgan fingerprint density at radius 3 is 2.61 bits per heavy atom. The number of aryl methyl sites for hydroxylation is 1. The van der Waals surface area contributed by atoms with Crippen molar-refractivity contribution in [1.82, 2.24) is 25.0 Å². The molecular weight excluding hydrogens is 440 g/mol. The number of pyridine rings is 2. The normalized spacial score (nSPS) is 11.8. The lowest BCUT2D eigenvalue weighted by Crippen LogP contribution is -2.25. The number of nitrogens with zero attached hydrogens (tertiary/aromatic N) is 6. The minimum Gasteiger partial charge on any atom is -0.378 e. The van der Waals surface area contributed by atoms with Gasteiger partial charge in [-0.2, -0.15) is 0 Å². The van der Waals surface area contributed by atoms with Crippen molar-refractivity contribution in [1.29, 1.82) is 0 Å². The Morgan fingerprint density at radius 2 is 1.91 bits per heavy atom. The van der Waals surface area contributed by atoms with Crippen molar-refractivity contribution < 1.29 is 22.7 Å². The fourth-order valence-electron chi connectivity index (χ4n) is 3.32. The molecule has 4 rings (SSSR count). The van der Waals surface area contributed by atoms with Crippen LogP contribution in [0.25, 0.3) is 22.1 Å². The first kappa shape index (κ1) is 22.4. The molecule has 3 heterocycles. The van der Waals surface area contributed by atoms with E-state index in [4.69, 9.17) is 0 Å². The lowest BCUT2D eigenvalue weighted by Gasteiger charge is -2.25. The molecule has 0 aliphatic heterocycles. The molecule has 0 fully saturated rings. The van der Waals surface area contributed by atoms with Crippen molar-refractivity contribution in [3.05, 3.63) is 47.7 Å². The van der Waals surface area contributed by atoms with Gasteiger partial charge in [-0.3, -0.25) is 4.98 Å². The van der Waals surface area contributed by atoms with Crippen molar-refractivity contribution in [3.63, 3.8) is 0 Å². The van der Waals surface area contributed by atoms with Crippen LogP contribution in [-0.2, 0) is 7.05 Å². The van der Waals surface area contributed by atoms with E-state index in [0.717, 1.165) is 29.3 Å². The van der Waals surface area contributed by atoms with E-state index in [2.05, 4.69) is 32.1 Å². The maximum absolute atomic E-state index is 14.4. The van der Waals surface area contributed by atoms with E-state index in [1.165, 1.54) is 24.6 Å². The molecule has 0 radical (unpaired) electrons. The van der Waals surface area contributed by atoms with Gasteiger partial charge in [0.2, 0.25) is 5.65 Å². The zero-order valence-electron chi connectivity index (χ0n) is 17.8. The van der Waals surface area contributed by atoms with Crippen LogP contribution in [-0.4, -0.2) is 48.6 Å². The molecule has 0 aliphatic rings. The summed E-state index contributed by atoms with van der Waals surface area (Å²) in [6, 6.07) is 4.65. The second-order valence-corrected chi connectivity index (χ2v) is 7.88. The smallest absolute Gasteiger partial charge is 0.256 e. The highest BCUT2D eigenvalue weighted by atomic mass is 19.3. The van der Waals surface area contributed by atoms with E-state index in [1.54, 1.807) is 7.05 Å². The summed E-state index contributed by atoms with van der Waals surface area (Å²) >= 11 is 0. The Balaban J connectivity index is 1.98. The second-order valence-electron chi connectivity index (χ2n) is 7.88. The number of aliphatic hydroxyl groups is 1. The van der Waals surface area contributed by atoms with Gasteiger partial charge in [0.25, 0.3) is 6.43 Å². The summed E-state index contributed by atoms with van der Waals surface area (Å²) in [5, 5.41) is 17.8. The minimum absolute atomic E-state index is 0.0108. The van der Waals surface area contributed by atoms with Gasteiger partial charge in [0.15, 0.2) is 0 Å². The van der Waals surface area contributed by atoms with Gasteiger partial charge in [-0.05, 0) is 38.1 Å². The van der Waals surface area contributed by atoms with Gasteiger partial charge >= 0.3 is 0 Å². The van der Waals surface area contributed by atoms with Crippen LogP contribution in [0.2, 0.25) is 0 Å². The van der Waals surface area contributed by atoms with Crippen LogP contribution in [0.5, 0.6) is 0 Å². The van der Waals surface area contributed by atoms with Crippen LogP contribution < -0.4 is 4.90 Å². The first-order valence-corrected chi connectivity index (χ1v) is 9.78. The van der Waals surface area contributed by atoms with E-state index in [9.17, 15) is 22.7 Å². The topological polar surface area (TPSA) is 80.0 Å². The van der Waals surface area contributed by atoms with E-state index in [1.807, 2.05) is 0 Å². The van der Waals surface area contributed by atoms with Crippen LogP contribution in [0.15, 0.2) is 30.5 Å². The maximum atomic E-state index is 14.4. The Labute approximate surface area is 185 Å². The van der Waals surface area contributed by atoms with Gasteiger partial charge < -0.3 is 10.0 Å². The first-order valence-electron chi connectivity index (χ1n) is 9.78. The Hall–Kier alpha value is -3.78. The number of halogens is 4. The van der Waals surface area contributed by atoms with Crippen LogP contribution in [0.1, 0.15) is 19.4 Å². The summed E-state index contributed by atoms with van der Waals surface area (Å²) in [7, 11) is 1.60. The van der Waals surface area contributed by atoms with E-state index >= 15 is 0 Å². The van der Waals surface area contributed by atoms with Gasteiger partial charge in [0.05, 0.1) is 12.7 Å². The average molecular weight is 458 g/mol. The number of hydrogen-bond donors (Lipinski definition) is 1. The Morgan fingerprint density at radius 1 is 1.15 bits per heavy atom. The summed E-state index contributed by atoms with van der Waals surface area (Å²) in [6.07, 6.45) is -1.85. The third-order valence-corrected chi connectivity index (χ3v) is 4.62. The van der Waals surface area contributed by atoms with Gasteiger partial charge in [0.1, 0.15) is 34.1 Å². The van der Waals surface area contributed by atoms with Crippen molar-refractivity contribution in [2.75, 3.05) is 11.4 Å². The molecule has 0 aliphatic carbocycles. The minimum atomic E-state index is -2.84. The van der Waals surface area contributed by atoms with Crippen molar-refractivity contribution in [2.24, 2.45) is 7.05 Å². The monoisotopic (exact) mass is 458 g/mol. The number of hydrogen-bond acceptors (Lipinski definition) is 6. The molecule has 0 amide bonds. The summed E-state index contributed by atoms with van der Waals surface area (Å²) < 4.78 is 57.2. The van der Waals surface area contributed by atoms with E-state index < -0.39 is 30.2 Å². The molecule has 0 unspecified atom stereocenters. The van der Waals surface area contributed by atoms with Crippen LogP contribution in [0.4, 0.5) is 29.1 Å². The largest absolute Gasteiger partial charge is 0.378 e. The highest BCUT2D eigenvalue weighted by Crippen LogP contribution is 2.34. The summed E-state index contributed by atoms with van der Waals surface area (Å²) in [5.41, 5.74) is -0.426. The molecule has 0 saturated carbocycles. The molecule has 0 spiro atoms. The lowest BCUT2D eigenvalue weighted by molar-refractivity contribution is 0.143. The lowest BCUT2D eigenvalue weighted by atomic mass is 10.1. The third-order valence-electron chi connectivity index (χ3n) is 4.62. The molecule has 33 heavy (non-hydrogen) atoms. The summed E-state index contributed by atoms with van der Waals surface area (Å²) in [4.78, 5) is 9.48. The SMILES string of the molecule is Cn1nnc2nc(N(CC(F)F)c3cc(F)cc(C#CC(C)(C)O)c3)c3cc(F)cnc3c21. The van der Waals surface area contributed by atoms with Crippen molar-refractivity contribution >= 4 is 33.6 Å². The molecule has 170 valence electrons. The number of rotatable bonds is 4. The zero-order valence-corrected chi connectivity index (χ0v) is 17.8. The predicted octanol–water partition coefficient (Wildman–Crippen LogP) is 3.72. The summed E-state index contributed by atoms with van der Waals surface area (Å²) in [5.74, 6) is 3.66. The number of aromatic nitrogens is 5. The zero-order chi connectivity index (χ0) is 23.9. The molecule has 3 aromatic heterocycles. The van der Waals surface area contributed by atoms with E-state index in [-0.39, 0.29) is 33.6 Å². The third kappa shape index (κ3) is 4.70. The average Bonchev–Trinajstić information content (AvgIpc) is 3.09. The molecule has 1 N–H and O–H groups in total. The quantitative estimate of drug-likeness (QED) is 0.371. The van der Waals surface area contributed by atoms with Crippen molar-refractivity contribution in [3.8, 4) is 11.8 Å². The fraction of sp³-hybridized carbons (Fsp3) is 0.273. The molecular formula is C22H18F4N6O. The van der Waals surface area contributed by atoms with Gasteiger partial charge in [-0.1, -0.05) is 17.1 Å². The predicted molar refractivity (Wildman–Crippen MR) is 114 cm³/mol. The second kappa shape index (κ2) is 8.29.